The number of aliphatic hydroxyl groups is 1. The Balaban J connectivity index is 1.86. The molecule has 1 spiro atoms. The fraction of sp³-hybridized carbons (Fsp3) is 0.593. The number of hydrogen-bond acceptors (Lipinski definition) is 6. The van der Waals surface area contributed by atoms with Crippen LogP contribution < -0.4 is 4.90 Å². The maximum atomic E-state index is 14.5. The number of aryl methyl sites for hydroxylation is 2. The molecular formula is C27H35BrN2O6. The van der Waals surface area contributed by atoms with Crippen molar-refractivity contribution in [1.82, 2.24) is 4.90 Å². The number of hydrogen-bond donors (Lipinski definition) is 1. The van der Waals surface area contributed by atoms with E-state index in [1.54, 1.807) is 17.9 Å². The average molecular weight is 563 g/mol. The molecule has 1 N–H and O–H groups in total. The van der Waals surface area contributed by atoms with Gasteiger partial charge in [0, 0.05) is 17.1 Å². The molecule has 3 saturated heterocycles. The predicted molar refractivity (Wildman–Crippen MR) is 139 cm³/mol. The molecular weight excluding hydrogens is 528 g/mol. The Morgan fingerprint density at radius 3 is 2.72 bits per heavy atom. The number of likely N-dealkylation sites (tertiary alicyclic amines) is 1. The zero-order valence-electron chi connectivity index (χ0n) is 21.3. The molecule has 3 heterocycles. The Hall–Kier alpha value is -2.23. The summed E-state index contributed by atoms with van der Waals surface area (Å²) in [6.07, 6.45) is 1.93. The van der Waals surface area contributed by atoms with Crippen LogP contribution in [0.3, 0.4) is 0 Å². The van der Waals surface area contributed by atoms with Gasteiger partial charge in [-0.1, -0.05) is 41.1 Å². The van der Waals surface area contributed by atoms with Gasteiger partial charge < -0.3 is 24.4 Å². The molecule has 196 valence electrons. The van der Waals surface area contributed by atoms with Crippen molar-refractivity contribution in [2.45, 2.75) is 69.2 Å². The molecule has 3 aliphatic rings. The molecule has 2 bridgehead atoms. The van der Waals surface area contributed by atoms with Gasteiger partial charge in [0.1, 0.15) is 11.6 Å². The quantitative estimate of drug-likeness (QED) is 0.282. The Kier molecular flexibility index (Phi) is 7.65. The van der Waals surface area contributed by atoms with Crippen LogP contribution in [0.5, 0.6) is 0 Å². The molecule has 1 unspecified atom stereocenters. The van der Waals surface area contributed by atoms with Gasteiger partial charge in [-0.25, -0.2) is 0 Å². The van der Waals surface area contributed by atoms with Crippen LogP contribution in [0.25, 0.3) is 0 Å². The summed E-state index contributed by atoms with van der Waals surface area (Å²) in [5.41, 5.74) is 1.43. The van der Waals surface area contributed by atoms with Crippen LogP contribution in [-0.2, 0) is 23.9 Å². The number of carbonyl (C=O) groups excluding carboxylic acids is 3. The van der Waals surface area contributed by atoms with Crippen LogP contribution >= 0.6 is 15.9 Å². The van der Waals surface area contributed by atoms with E-state index in [9.17, 15) is 19.5 Å². The van der Waals surface area contributed by atoms with E-state index in [1.807, 2.05) is 39.0 Å². The second kappa shape index (κ2) is 10.3. The van der Waals surface area contributed by atoms with Gasteiger partial charge in [-0.3, -0.25) is 14.4 Å². The third-order valence-electron chi connectivity index (χ3n) is 7.83. The van der Waals surface area contributed by atoms with E-state index in [-0.39, 0.29) is 36.4 Å². The van der Waals surface area contributed by atoms with E-state index in [0.29, 0.717) is 12.8 Å². The first-order valence-electron chi connectivity index (χ1n) is 12.6. The third-order valence-corrected chi connectivity index (χ3v) is 8.67. The Morgan fingerprint density at radius 2 is 2.11 bits per heavy atom. The second-order valence-electron chi connectivity index (χ2n) is 9.93. The molecule has 0 aliphatic carbocycles. The minimum atomic E-state index is -1.20. The lowest BCUT2D eigenvalue weighted by atomic mass is 9.70. The van der Waals surface area contributed by atoms with Crippen molar-refractivity contribution in [3.8, 4) is 0 Å². The summed E-state index contributed by atoms with van der Waals surface area (Å²) in [5, 5.41) is 10.2. The number of alkyl halides is 1. The lowest BCUT2D eigenvalue weighted by molar-refractivity contribution is -0.155. The monoisotopic (exact) mass is 562 g/mol. The number of ether oxygens (including phenoxy) is 2. The number of anilines is 1. The third kappa shape index (κ3) is 4.00. The summed E-state index contributed by atoms with van der Waals surface area (Å²) in [4.78, 5) is 44.5. The molecule has 9 heteroatoms. The number of esters is 1. The van der Waals surface area contributed by atoms with Crippen molar-refractivity contribution in [3.63, 3.8) is 0 Å². The minimum Gasteiger partial charge on any atom is -0.466 e. The molecule has 1 aromatic carbocycles. The van der Waals surface area contributed by atoms with Crippen molar-refractivity contribution in [1.29, 1.82) is 0 Å². The zero-order chi connectivity index (χ0) is 26.4. The fourth-order valence-corrected chi connectivity index (χ4v) is 7.20. The maximum absolute atomic E-state index is 14.5. The summed E-state index contributed by atoms with van der Waals surface area (Å²) in [5.74, 6) is -2.81. The first-order chi connectivity index (χ1) is 17.2. The molecule has 4 rings (SSSR count). The molecule has 0 radical (unpaired) electrons. The molecule has 0 aromatic heterocycles. The highest BCUT2D eigenvalue weighted by molar-refractivity contribution is 9.09. The van der Waals surface area contributed by atoms with Gasteiger partial charge in [0.25, 0.3) is 5.91 Å². The number of halogens is 1. The first-order valence-corrected chi connectivity index (χ1v) is 13.5. The summed E-state index contributed by atoms with van der Waals surface area (Å²) in [6, 6.07) is 4.29. The molecule has 36 heavy (non-hydrogen) atoms. The number of carbonyl (C=O) groups is 3. The smallest absolute Gasteiger partial charge is 0.312 e. The van der Waals surface area contributed by atoms with E-state index in [0.717, 1.165) is 16.8 Å². The topological polar surface area (TPSA) is 96.4 Å². The number of amides is 2. The van der Waals surface area contributed by atoms with Crippen molar-refractivity contribution < 1.29 is 29.0 Å². The largest absolute Gasteiger partial charge is 0.466 e. The molecule has 3 aliphatic heterocycles. The SMILES string of the molecule is C=CCN(C(=O)[C@H]1N([C@@H](CC)CO)C(=O)[C@@H]2[C@@H](C(=O)OCC)[C@@H]3O[C@@]21CC3Br)c1cc(C)ccc1C. The van der Waals surface area contributed by atoms with Gasteiger partial charge in [0.05, 0.1) is 37.2 Å². The maximum Gasteiger partial charge on any atom is 0.312 e. The van der Waals surface area contributed by atoms with Gasteiger partial charge in [-0.2, -0.15) is 0 Å². The number of aliphatic hydroxyl groups excluding tert-OH is 1. The first kappa shape index (κ1) is 26.8. The highest BCUT2D eigenvalue weighted by atomic mass is 79.9. The fourth-order valence-electron chi connectivity index (χ4n) is 6.26. The van der Waals surface area contributed by atoms with Crippen LogP contribution in [0.1, 0.15) is 37.8 Å². The lowest BCUT2D eigenvalue weighted by Gasteiger charge is -2.39. The van der Waals surface area contributed by atoms with Crippen LogP contribution in [0, 0.1) is 25.7 Å². The number of fused-ring (bicyclic) bond motifs is 1. The Labute approximate surface area is 220 Å². The van der Waals surface area contributed by atoms with Crippen LogP contribution in [0.15, 0.2) is 30.9 Å². The average Bonchev–Trinajstić information content (AvgIpc) is 3.44. The van der Waals surface area contributed by atoms with Crippen molar-refractivity contribution >= 4 is 39.4 Å². The van der Waals surface area contributed by atoms with E-state index in [2.05, 4.69) is 22.5 Å². The van der Waals surface area contributed by atoms with Crippen molar-refractivity contribution in [2.24, 2.45) is 11.8 Å². The molecule has 0 saturated carbocycles. The lowest BCUT2D eigenvalue weighted by Crippen LogP contribution is -2.59. The van der Waals surface area contributed by atoms with Gasteiger partial charge in [0.15, 0.2) is 0 Å². The van der Waals surface area contributed by atoms with E-state index >= 15 is 0 Å². The van der Waals surface area contributed by atoms with Gasteiger partial charge in [-0.15, -0.1) is 6.58 Å². The highest BCUT2D eigenvalue weighted by Crippen LogP contribution is 2.60. The Bertz CT molecular complexity index is 1060. The summed E-state index contributed by atoms with van der Waals surface area (Å²) < 4.78 is 11.8. The van der Waals surface area contributed by atoms with Crippen molar-refractivity contribution in [3.05, 3.63) is 42.0 Å². The van der Waals surface area contributed by atoms with Crippen molar-refractivity contribution in [2.75, 3.05) is 24.7 Å². The van der Waals surface area contributed by atoms with E-state index in [1.165, 1.54) is 4.90 Å². The zero-order valence-corrected chi connectivity index (χ0v) is 22.9. The van der Waals surface area contributed by atoms with Gasteiger partial charge >= 0.3 is 5.97 Å². The number of benzene rings is 1. The van der Waals surface area contributed by atoms with Gasteiger partial charge in [-0.05, 0) is 50.8 Å². The Morgan fingerprint density at radius 1 is 1.39 bits per heavy atom. The van der Waals surface area contributed by atoms with E-state index < -0.39 is 41.6 Å². The van der Waals surface area contributed by atoms with E-state index in [4.69, 9.17) is 9.47 Å². The second-order valence-corrected chi connectivity index (χ2v) is 11.1. The van der Waals surface area contributed by atoms with Gasteiger partial charge in [0.2, 0.25) is 5.91 Å². The molecule has 1 aromatic rings. The van der Waals surface area contributed by atoms with Crippen LogP contribution in [-0.4, -0.2) is 76.2 Å². The molecule has 3 fully saturated rings. The molecule has 7 atom stereocenters. The summed E-state index contributed by atoms with van der Waals surface area (Å²) >= 11 is 3.65. The summed E-state index contributed by atoms with van der Waals surface area (Å²) in [6.45, 7) is 11.4. The number of nitrogens with zero attached hydrogens (tertiary/aromatic N) is 2. The normalized spacial score (nSPS) is 31.3. The number of rotatable bonds is 9. The molecule has 2 amide bonds. The molecule has 8 nitrogen and oxygen atoms in total. The van der Waals surface area contributed by atoms with Crippen LogP contribution in [0.2, 0.25) is 0 Å². The highest BCUT2D eigenvalue weighted by Gasteiger charge is 2.77. The van der Waals surface area contributed by atoms with Crippen LogP contribution in [0.4, 0.5) is 5.69 Å². The minimum absolute atomic E-state index is 0.183. The predicted octanol–water partition coefficient (Wildman–Crippen LogP) is 2.90. The standard InChI is InChI=1S/C27H35BrN2O6/c1-6-11-29(19-12-15(4)9-10-16(19)5)25(33)23-27-13-18(28)22(36-27)20(26(34)35-8-3)21(27)24(32)30(23)17(7-2)14-31/h6,9-10,12,17-18,20-23,31H,1,7-8,11,13-14H2,2-5H3/t17-,18?,20+,21-,22+,23+,27-/m0/s1. The summed E-state index contributed by atoms with van der Waals surface area (Å²) in [7, 11) is 0.